The van der Waals surface area contributed by atoms with Crippen molar-refractivity contribution in [3.05, 3.63) is 59.1 Å². The van der Waals surface area contributed by atoms with E-state index >= 15 is 0 Å². The van der Waals surface area contributed by atoms with Gasteiger partial charge in [-0.05, 0) is 36.4 Å². The topological polar surface area (TPSA) is 38.9 Å². The van der Waals surface area contributed by atoms with Crippen molar-refractivity contribution < 1.29 is 4.42 Å². The summed E-state index contributed by atoms with van der Waals surface area (Å²) in [6.07, 6.45) is 1.76. The number of aromatic nitrogens is 2. The van der Waals surface area contributed by atoms with E-state index in [1.807, 2.05) is 47.8 Å². The van der Waals surface area contributed by atoms with E-state index in [0.29, 0.717) is 5.02 Å². The maximum Gasteiger partial charge on any atom is 0.154 e. The summed E-state index contributed by atoms with van der Waals surface area (Å²) in [5.74, 6) is 0.741. The van der Waals surface area contributed by atoms with Crippen molar-refractivity contribution >= 4 is 33.9 Å². The molecule has 0 bridgehead atoms. The molecule has 3 aromatic heterocycles. The molecule has 0 N–H and O–H groups in total. The third kappa shape index (κ3) is 2.33. The fourth-order valence-electron chi connectivity index (χ4n) is 2.13. The summed E-state index contributed by atoms with van der Waals surface area (Å²) in [6.45, 7) is 0. The van der Waals surface area contributed by atoms with Crippen molar-refractivity contribution in [2.75, 3.05) is 0 Å². The molecule has 0 saturated heterocycles. The predicted molar refractivity (Wildman–Crippen MR) is 85.6 cm³/mol. The number of fused-ring (bicyclic) bond motifs is 1. The molecule has 102 valence electrons. The number of hydrogen-bond acceptors (Lipinski definition) is 4. The van der Waals surface area contributed by atoms with Crippen LogP contribution >= 0.6 is 22.9 Å². The van der Waals surface area contributed by atoms with Crippen LogP contribution in [0.1, 0.15) is 0 Å². The Morgan fingerprint density at radius 1 is 1.05 bits per heavy atom. The highest BCUT2D eigenvalue weighted by Gasteiger charge is 2.11. The van der Waals surface area contributed by atoms with E-state index in [4.69, 9.17) is 16.0 Å². The zero-order valence-electron chi connectivity index (χ0n) is 10.8. The standard InChI is InChI=1S/C16H9ClN2OS/c17-11-4-5-14-10(7-11)8-15(20-14)13-9-21-16(19-13)12-3-1-2-6-18-12/h1-9H. The lowest BCUT2D eigenvalue weighted by molar-refractivity contribution is 0.629. The Hall–Kier alpha value is -2.17. The van der Waals surface area contributed by atoms with Crippen LogP contribution < -0.4 is 0 Å². The quantitative estimate of drug-likeness (QED) is 0.506. The van der Waals surface area contributed by atoms with Crippen molar-refractivity contribution in [1.82, 2.24) is 9.97 Å². The molecule has 0 saturated carbocycles. The minimum absolute atomic E-state index is 0.697. The first-order chi connectivity index (χ1) is 10.3. The molecule has 0 spiro atoms. The lowest BCUT2D eigenvalue weighted by Crippen LogP contribution is -1.80. The van der Waals surface area contributed by atoms with E-state index in [9.17, 15) is 0 Å². The first-order valence-corrected chi connectivity index (χ1v) is 7.62. The number of halogens is 1. The molecular weight excluding hydrogens is 304 g/mol. The molecule has 4 aromatic rings. The summed E-state index contributed by atoms with van der Waals surface area (Å²) in [5.41, 5.74) is 2.49. The van der Waals surface area contributed by atoms with E-state index in [1.165, 1.54) is 0 Å². The minimum atomic E-state index is 0.697. The predicted octanol–water partition coefficient (Wildman–Crippen LogP) is 5.27. The van der Waals surface area contributed by atoms with Crippen molar-refractivity contribution in [1.29, 1.82) is 0 Å². The summed E-state index contributed by atoms with van der Waals surface area (Å²) in [4.78, 5) is 8.91. The van der Waals surface area contributed by atoms with Gasteiger partial charge in [-0.15, -0.1) is 11.3 Å². The van der Waals surface area contributed by atoms with Crippen molar-refractivity contribution in [3.8, 4) is 22.2 Å². The Bertz CT molecular complexity index is 914. The largest absolute Gasteiger partial charge is 0.454 e. The molecule has 0 amide bonds. The molecule has 0 fully saturated rings. The van der Waals surface area contributed by atoms with Gasteiger partial charge in [-0.25, -0.2) is 4.98 Å². The van der Waals surface area contributed by atoms with Crippen molar-refractivity contribution in [2.45, 2.75) is 0 Å². The Balaban J connectivity index is 1.77. The molecule has 0 aliphatic carbocycles. The third-order valence-electron chi connectivity index (χ3n) is 3.12. The maximum atomic E-state index is 5.99. The van der Waals surface area contributed by atoms with Gasteiger partial charge in [-0.3, -0.25) is 4.98 Å². The first-order valence-electron chi connectivity index (χ1n) is 6.36. The molecule has 0 aliphatic heterocycles. The first kappa shape index (κ1) is 12.6. The molecule has 4 rings (SSSR count). The Morgan fingerprint density at radius 3 is 2.86 bits per heavy atom. The molecule has 3 nitrogen and oxygen atoms in total. The second-order valence-corrected chi connectivity index (χ2v) is 5.84. The van der Waals surface area contributed by atoms with Gasteiger partial charge in [0.2, 0.25) is 0 Å². The van der Waals surface area contributed by atoms with E-state index in [-0.39, 0.29) is 0 Å². The van der Waals surface area contributed by atoms with Crippen LogP contribution in [0.3, 0.4) is 0 Å². The summed E-state index contributed by atoms with van der Waals surface area (Å²) >= 11 is 7.55. The van der Waals surface area contributed by atoms with Crippen LogP contribution in [-0.2, 0) is 0 Å². The van der Waals surface area contributed by atoms with Gasteiger partial charge in [0.25, 0.3) is 0 Å². The van der Waals surface area contributed by atoms with Crippen LogP contribution in [0.2, 0.25) is 5.02 Å². The fraction of sp³-hybridized carbons (Fsp3) is 0. The van der Waals surface area contributed by atoms with Gasteiger partial charge in [-0.2, -0.15) is 0 Å². The Kier molecular flexibility index (Phi) is 2.98. The number of thiazole rings is 1. The van der Waals surface area contributed by atoms with Crippen LogP contribution in [0.4, 0.5) is 0 Å². The average Bonchev–Trinajstić information content (AvgIpc) is 3.14. The van der Waals surface area contributed by atoms with Crippen LogP contribution in [0.15, 0.2) is 58.5 Å². The van der Waals surface area contributed by atoms with Crippen LogP contribution in [0.5, 0.6) is 0 Å². The SMILES string of the molecule is Clc1ccc2oc(-c3csc(-c4ccccn4)n3)cc2c1. The molecule has 5 heteroatoms. The van der Waals surface area contributed by atoms with E-state index in [1.54, 1.807) is 17.5 Å². The normalized spacial score (nSPS) is 11.1. The fourth-order valence-corrected chi connectivity index (χ4v) is 3.10. The van der Waals surface area contributed by atoms with Crippen LogP contribution in [0.25, 0.3) is 33.1 Å². The highest BCUT2D eigenvalue weighted by molar-refractivity contribution is 7.13. The molecule has 21 heavy (non-hydrogen) atoms. The lowest BCUT2D eigenvalue weighted by atomic mass is 10.2. The number of pyridine rings is 1. The summed E-state index contributed by atoms with van der Waals surface area (Å²) < 4.78 is 5.82. The number of furan rings is 1. The average molecular weight is 313 g/mol. The highest BCUT2D eigenvalue weighted by Crippen LogP contribution is 2.32. The van der Waals surface area contributed by atoms with E-state index < -0.39 is 0 Å². The molecule has 0 aliphatic rings. The molecule has 3 heterocycles. The maximum absolute atomic E-state index is 5.99. The zero-order chi connectivity index (χ0) is 14.2. The highest BCUT2D eigenvalue weighted by atomic mass is 35.5. The smallest absolute Gasteiger partial charge is 0.154 e. The zero-order valence-corrected chi connectivity index (χ0v) is 12.4. The van der Waals surface area contributed by atoms with Gasteiger partial charge in [0.15, 0.2) is 5.76 Å². The Morgan fingerprint density at radius 2 is 2.00 bits per heavy atom. The van der Waals surface area contributed by atoms with E-state index in [2.05, 4.69) is 9.97 Å². The van der Waals surface area contributed by atoms with Crippen molar-refractivity contribution in [3.63, 3.8) is 0 Å². The second-order valence-electron chi connectivity index (χ2n) is 4.55. The molecule has 0 unspecified atom stereocenters. The third-order valence-corrected chi connectivity index (χ3v) is 4.22. The number of benzene rings is 1. The van der Waals surface area contributed by atoms with Gasteiger partial charge in [0, 0.05) is 22.0 Å². The van der Waals surface area contributed by atoms with E-state index in [0.717, 1.165) is 33.1 Å². The number of rotatable bonds is 2. The van der Waals surface area contributed by atoms with Crippen LogP contribution in [0, 0.1) is 0 Å². The van der Waals surface area contributed by atoms with Gasteiger partial charge in [-0.1, -0.05) is 17.7 Å². The summed E-state index contributed by atoms with van der Waals surface area (Å²) in [6, 6.07) is 13.3. The van der Waals surface area contributed by atoms with Gasteiger partial charge >= 0.3 is 0 Å². The Labute approximate surface area is 129 Å². The van der Waals surface area contributed by atoms with Gasteiger partial charge in [0.05, 0.1) is 5.69 Å². The lowest BCUT2D eigenvalue weighted by Gasteiger charge is -1.92. The molecule has 0 atom stereocenters. The van der Waals surface area contributed by atoms with Gasteiger partial charge < -0.3 is 4.42 Å². The van der Waals surface area contributed by atoms with Gasteiger partial charge in [0.1, 0.15) is 16.3 Å². The monoisotopic (exact) mass is 312 g/mol. The summed E-state index contributed by atoms with van der Waals surface area (Å²) in [5, 5.41) is 4.53. The molecule has 0 radical (unpaired) electrons. The second kappa shape index (κ2) is 4.98. The molecular formula is C16H9ClN2OS. The number of nitrogens with zero attached hydrogens (tertiary/aromatic N) is 2. The summed E-state index contributed by atoms with van der Waals surface area (Å²) in [7, 11) is 0. The number of hydrogen-bond donors (Lipinski definition) is 0. The minimum Gasteiger partial charge on any atom is -0.454 e. The molecule has 1 aromatic carbocycles. The van der Waals surface area contributed by atoms with Crippen LogP contribution in [-0.4, -0.2) is 9.97 Å². The van der Waals surface area contributed by atoms with Crippen molar-refractivity contribution in [2.24, 2.45) is 0 Å².